The molecule has 0 unspecified atom stereocenters. The van der Waals surface area contributed by atoms with Gasteiger partial charge >= 0.3 is 0 Å². The summed E-state index contributed by atoms with van der Waals surface area (Å²) in [6, 6.07) is 7.48. The topological polar surface area (TPSA) is 69.3 Å². The molecule has 29 heavy (non-hydrogen) atoms. The molecule has 1 aromatic heterocycles. The van der Waals surface area contributed by atoms with Gasteiger partial charge in [0.25, 0.3) is 5.91 Å². The number of benzene rings is 1. The fourth-order valence-corrected chi connectivity index (χ4v) is 4.60. The van der Waals surface area contributed by atoms with Crippen LogP contribution in [0.4, 0.5) is 0 Å². The van der Waals surface area contributed by atoms with Crippen molar-refractivity contribution < 1.29 is 23.7 Å². The van der Waals surface area contributed by atoms with E-state index in [0.29, 0.717) is 36.0 Å². The smallest absolute Gasteiger partial charge is 0.251 e. The molecule has 1 amide bonds. The van der Waals surface area contributed by atoms with Crippen molar-refractivity contribution in [2.75, 3.05) is 47.6 Å². The van der Waals surface area contributed by atoms with Crippen LogP contribution in [-0.2, 0) is 4.74 Å². The van der Waals surface area contributed by atoms with Crippen LogP contribution in [-0.4, -0.2) is 64.5 Å². The Balaban J connectivity index is 1.82. The molecule has 2 atom stereocenters. The van der Waals surface area contributed by atoms with Crippen LogP contribution in [0.5, 0.6) is 17.2 Å². The van der Waals surface area contributed by atoms with E-state index in [1.54, 1.807) is 23.5 Å². The first kappa shape index (κ1) is 21.4. The summed E-state index contributed by atoms with van der Waals surface area (Å²) in [5.41, 5.74) is 0.457. The first-order valence-corrected chi connectivity index (χ1v) is 10.4. The molecular weight excluding hydrogens is 392 g/mol. The van der Waals surface area contributed by atoms with Gasteiger partial charge in [-0.2, -0.15) is 0 Å². The number of ether oxygens (including phenoxy) is 4. The zero-order valence-corrected chi connectivity index (χ0v) is 18.1. The van der Waals surface area contributed by atoms with E-state index < -0.39 is 0 Å². The second-order valence-electron chi connectivity index (χ2n) is 6.78. The molecule has 2 aromatic rings. The molecule has 2 heterocycles. The maximum Gasteiger partial charge on any atom is 0.251 e. The van der Waals surface area contributed by atoms with E-state index >= 15 is 0 Å². The fourth-order valence-electron chi connectivity index (χ4n) is 3.64. The third-order valence-corrected chi connectivity index (χ3v) is 5.98. The predicted octanol–water partition coefficient (Wildman–Crippen LogP) is 2.97. The van der Waals surface area contributed by atoms with E-state index in [0.717, 1.165) is 13.1 Å². The van der Waals surface area contributed by atoms with Crippen molar-refractivity contribution in [3.05, 3.63) is 40.1 Å². The lowest BCUT2D eigenvalue weighted by Gasteiger charge is -2.37. The lowest BCUT2D eigenvalue weighted by atomic mass is 10.0. The number of amides is 1. The Bertz CT molecular complexity index is 780. The molecule has 158 valence electrons. The maximum atomic E-state index is 13.0. The van der Waals surface area contributed by atoms with Crippen LogP contribution in [0.1, 0.15) is 28.2 Å². The van der Waals surface area contributed by atoms with Gasteiger partial charge in [-0.15, -0.1) is 11.3 Å². The molecule has 8 heteroatoms. The molecule has 0 radical (unpaired) electrons. The summed E-state index contributed by atoms with van der Waals surface area (Å²) in [4.78, 5) is 16.6. The SMILES string of the molecule is COc1cc(C(=O)N[C@H](C)[C@@H](c2cccs2)N2CCOCC2)cc(OC)c1OC. The minimum atomic E-state index is -0.188. The van der Waals surface area contributed by atoms with Crippen LogP contribution in [0.3, 0.4) is 0 Å². The lowest BCUT2D eigenvalue weighted by molar-refractivity contribution is 0.00969. The quantitative estimate of drug-likeness (QED) is 0.708. The van der Waals surface area contributed by atoms with E-state index in [2.05, 4.69) is 21.7 Å². The van der Waals surface area contributed by atoms with Gasteiger partial charge < -0.3 is 24.3 Å². The van der Waals surface area contributed by atoms with Crippen LogP contribution in [0.2, 0.25) is 0 Å². The summed E-state index contributed by atoms with van der Waals surface area (Å²) in [5, 5.41) is 5.22. The average molecular weight is 421 g/mol. The van der Waals surface area contributed by atoms with Crippen molar-refractivity contribution in [3.63, 3.8) is 0 Å². The number of carbonyl (C=O) groups excluding carboxylic acids is 1. The maximum absolute atomic E-state index is 13.0. The normalized spacial score (nSPS) is 16.7. The van der Waals surface area contributed by atoms with E-state index in [1.807, 2.05) is 13.0 Å². The molecule has 1 saturated heterocycles. The number of nitrogens with zero attached hydrogens (tertiary/aromatic N) is 1. The fraction of sp³-hybridized carbons (Fsp3) is 0.476. The first-order valence-electron chi connectivity index (χ1n) is 9.55. The van der Waals surface area contributed by atoms with Gasteiger partial charge in [0.15, 0.2) is 11.5 Å². The highest BCUT2D eigenvalue weighted by Gasteiger charge is 2.30. The van der Waals surface area contributed by atoms with Crippen molar-refractivity contribution in [3.8, 4) is 17.2 Å². The monoisotopic (exact) mass is 420 g/mol. The zero-order chi connectivity index (χ0) is 20.8. The number of morpholine rings is 1. The van der Waals surface area contributed by atoms with Crippen LogP contribution in [0, 0.1) is 0 Å². The summed E-state index contributed by atoms with van der Waals surface area (Å²) in [6.07, 6.45) is 0. The van der Waals surface area contributed by atoms with Gasteiger partial charge in [-0.1, -0.05) is 6.07 Å². The van der Waals surface area contributed by atoms with Crippen LogP contribution in [0.15, 0.2) is 29.6 Å². The van der Waals surface area contributed by atoms with Crippen molar-refractivity contribution in [1.82, 2.24) is 10.2 Å². The summed E-state index contributed by atoms with van der Waals surface area (Å²) in [7, 11) is 4.61. The molecule has 0 aliphatic carbocycles. The van der Waals surface area contributed by atoms with Crippen LogP contribution >= 0.6 is 11.3 Å². The van der Waals surface area contributed by atoms with E-state index in [1.165, 1.54) is 26.2 Å². The van der Waals surface area contributed by atoms with Gasteiger partial charge in [0.2, 0.25) is 5.75 Å². The predicted molar refractivity (Wildman–Crippen MR) is 112 cm³/mol. The summed E-state index contributed by atoms with van der Waals surface area (Å²) in [6.45, 7) is 5.13. The number of thiophene rings is 1. The molecular formula is C21H28N2O5S. The largest absolute Gasteiger partial charge is 0.493 e. The number of methoxy groups -OCH3 is 3. The number of nitrogens with one attached hydrogen (secondary N) is 1. The summed E-state index contributed by atoms with van der Waals surface area (Å²) < 4.78 is 21.6. The van der Waals surface area contributed by atoms with E-state index in [9.17, 15) is 4.79 Å². The third kappa shape index (κ3) is 4.83. The number of carbonyl (C=O) groups is 1. The highest BCUT2D eigenvalue weighted by atomic mass is 32.1. The minimum absolute atomic E-state index is 0.0879. The third-order valence-electron chi connectivity index (χ3n) is 5.03. The van der Waals surface area contributed by atoms with Gasteiger partial charge in [0.1, 0.15) is 0 Å². The Morgan fingerprint density at radius 2 is 1.79 bits per heavy atom. The van der Waals surface area contributed by atoms with Crippen molar-refractivity contribution in [2.24, 2.45) is 0 Å². The minimum Gasteiger partial charge on any atom is -0.493 e. The summed E-state index contributed by atoms with van der Waals surface area (Å²) >= 11 is 1.70. The summed E-state index contributed by atoms with van der Waals surface area (Å²) in [5.74, 6) is 1.18. The molecule has 1 N–H and O–H groups in total. The molecule has 1 fully saturated rings. The molecule has 0 spiro atoms. The molecule has 1 aromatic carbocycles. The molecule has 1 aliphatic heterocycles. The van der Waals surface area contributed by atoms with E-state index in [-0.39, 0.29) is 18.0 Å². The lowest BCUT2D eigenvalue weighted by Crippen LogP contribution is -2.48. The van der Waals surface area contributed by atoms with Crippen molar-refractivity contribution in [1.29, 1.82) is 0 Å². The molecule has 0 bridgehead atoms. The van der Waals surface area contributed by atoms with Gasteiger partial charge in [-0.3, -0.25) is 9.69 Å². The number of hydrogen-bond acceptors (Lipinski definition) is 7. The second kappa shape index (κ2) is 9.96. The van der Waals surface area contributed by atoms with Crippen LogP contribution < -0.4 is 19.5 Å². The molecule has 1 aliphatic rings. The van der Waals surface area contributed by atoms with Gasteiger partial charge in [-0.05, 0) is 30.5 Å². The molecule has 3 rings (SSSR count). The van der Waals surface area contributed by atoms with Crippen LogP contribution in [0.25, 0.3) is 0 Å². The Labute approximate surface area is 175 Å². The van der Waals surface area contributed by atoms with Gasteiger partial charge in [-0.25, -0.2) is 0 Å². The molecule has 0 saturated carbocycles. The van der Waals surface area contributed by atoms with Gasteiger partial charge in [0, 0.05) is 29.6 Å². The highest BCUT2D eigenvalue weighted by molar-refractivity contribution is 7.10. The second-order valence-corrected chi connectivity index (χ2v) is 7.76. The zero-order valence-electron chi connectivity index (χ0n) is 17.3. The van der Waals surface area contributed by atoms with Crippen molar-refractivity contribution >= 4 is 17.2 Å². The molecule has 7 nitrogen and oxygen atoms in total. The first-order chi connectivity index (χ1) is 14.1. The Morgan fingerprint density at radius 3 is 2.31 bits per heavy atom. The van der Waals surface area contributed by atoms with Crippen molar-refractivity contribution in [2.45, 2.75) is 19.0 Å². The standard InChI is InChI=1S/C21H28N2O5S/c1-14(19(18-6-5-11-29-18)23-7-9-28-10-8-23)22-21(24)15-12-16(25-2)20(27-4)17(13-15)26-3/h5-6,11-14,19H,7-10H2,1-4H3,(H,22,24)/t14-,19+/m1/s1. The Morgan fingerprint density at radius 1 is 1.14 bits per heavy atom. The Kier molecular flexibility index (Phi) is 7.35. The van der Waals surface area contributed by atoms with E-state index in [4.69, 9.17) is 18.9 Å². The number of rotatable bonds is 8. The number of hydrogen-bond donors (Lipinski definition) is 1. The highest BCUT2D eigenvalue weighted by Crippen LogP contribution is 2.38. The van der Waals surface area contributed by atoms with Gasteiger partial charge in [0.05, 0.1) is 40.6 Å². The average Bonchev–Trinajstić information content (AvgIpc) is 3.27. The Hall–Kier alpha value is -2.29.